The first-order valence-electron chi connectivity index (χ1n) is 8.85. The fourth-order valence-electron chi connectivity index (χ4n) is 3.23. The van der Waals surface area contributed by atoms with Crippen molar-refractivity contribution in [3.63, 3.8) is 0 Å². The molecular weight excluding hydrogens is 343 g/mol. The minimum atomic E-state index is -0.408. The fraction of sp³-hybridized carbons (Fsp3) is 0.333. The average molecular weight is 366 g/mol. The standard InChI is InChI=1S/C21H23FN4O/c1-21(2)11-18(16-6-4-5-7-19(16)27-21)26-20(24-3)25-13-15-9-8-14(12-23)10-17(15)22/h4-10,18H,11,13H2,1-3H3,(H2,24,25,26). The number of nitrogens with zero attached hydrogens (tertiary/aromatic N) is 2. The van der Waals surface area contributed by atoms with Crippen molar-refractivity contribution in [1.29, 1.82) is 5.26 Å². The van der Waals surface area contributed by atoms with Crippen molar-refractivity contribution in [1.82, 2.24) is 10.6 Å². The quantitative estimate of drug-likeness (QED) is 0.642. The van der Waals surface area contributed by atoms with Crippen LogP contribution >= 0.6 is 0 Å². The maximum absolute atomic E-state index is 14.1. The Hall–Kier alpha value is -3.07. The van der Waals surface area contributed by atoms with Gasteiger partial charge in [-0.3, -0.25) is 4.99 Å². The molecule has 6 heteroatoms. The van der Waals surface area contributed by atoms with Crippen LogP contribution in [0.5, 0.6) is 5.75 Å². The van der Waals surface area contributed by atoms with Gasteiger partial charge < -0.3 is 15.4 Å². The maximum atomic E-state index is 14.1. The largest absolute Gasteiger partial charge is 0.487 e. The Morgan fingerprint density at radius 2 is 2.11 bits per heavy atom. The highest BCUT2D eigenvalue weighted by molar-refractivity contribution is 5.80. The normalized spacial score (nSPS) is 18.0. The maximum Gasteiger partial charge on any atom is 0.191 e. The third-order valence-electron chi connectivity index (χ3n) is 4.54. The number of guanidine groups is 1. The molecule has 5 nitrogen and oxygen atoms in total. The number of benzene rings is 2. The molecule has 1 aliphatic heterocycles. The van der Waals surface area contributed by atoms with Crippen LogP contribution in [0.3, 0.4) is 0 Å². The van der Waals surface area contributed by atoms with Crippen LogP contribution in [-0.2, 0) is 6.54 Å². The van der Waals surface area contributed by atoms with Gasteiger partial charge in [0, 0.05) is 31.1 Å². The lowest BCUT2D eigenvalue weighted by Crippen LogP contribution is -2.45. The third-order valence-corrected chi connectivity index (χ3v) is 4.54. The smallest absolute Gasteiger partial charge is 0.191 e. The number of aliphatic imine (C=N–C) groups is 1. The third kappa shape index (κ3) is 4.37. The van der Waals surface area contributed by atoms with E-state index in [0.717, 1.165) is 17.7 Å². The van der Waals surface area contributed by atoms with E-state index in [1.807, 2.05) is 30.3 Å². The second kappa shape index (κ2) is 7.67. The van der Waals surface area contributed by atoms with Gasteiger partial charge in [-0.05, 0) is 32.0 Å². The topological polar surface area (TPSA) is 69.4 Å². The van der Waals surface area contributed by atoms with Crippen LogP contribution in [0.25, 0.3) is 0 Å². The molecule has 1 heterocycles. The van der Waals surface area contributed by atoms with Crippen LogP contribution in [0.4, 0.5) is 4.39 Å². The molecule has 140 valence electrons. The SMILES string of the molecule is CN=C(NCc1ccc(C#N)cc1F)NC1CC(C)(C)Oc2ccccc21. The van der Waals surface area contributed by atoms with E-state index in [1.165, 1.54) is 6.07 Å². The minimum Gasteiger partial charge on any atom is -0.487 e. The Morgan fingerprint density at radius 1 is 1.33 bits per heavy atom. The molecule has 0 aliphatic carbocycles. The summed E-state index contributed by atoms with van der Waals surface area (Å²) >= 11 is 0. The van der Waals surface area contributed by atoms with Gasteiger partial charge in [0.05, 0.1) is 17.7 Å². The Kier molecular flexibility index (Phi) is 5.31. The summed E-state index contributed by atoms with van der Waals surface area (Å²) in [7, 11) is 1.68. The van der Waals surface area contributed by atoms with Gasteiger partial charge in [-0.25, -0.2) is 4.39 Å². The summed E-state index contributed by atoms with van der Waals surface area (Å²) in [5, 5.41) is 15.4. The lowest BCUT2D eigenvalue weighted by Gasteiger charge is -2.38. The first-order chi connectivity index (χ1) is 12.9. The van der Waals surface area contributed by atoms with Gasteiger partial charge in [0.25, 0.3) is 0 Å². The summed E-state index contributed by atoms with van der Waals surface area (Å²) in [5.74, 6) is 1.03. The van der Waals surface area contributed by atoms with E-state index >= 15 is 0 Å². The molecule has 0 radical (unpaired) electrons. The molecule has 0 aromatic heterocycles. The molecule has 0 saturated carbocycles. The minimum absolute atomic E-state index is 0.0296. The molecule has 1 aliphatic rings. The second-order valence-electron chi connectivity index (χ2n) is 7.14. The zero-order valence-corrected chi connectivity index (χ0v) is 15.7. The zero-order valence-electron chi connectivity index (χ0n) is 15.7. The van der Waals surface area contributed by atoms with E-state index in [2.05, 4.69) is 29.5 Å². The molecule has 27 heavy (non-hydrogen) atoms. The van der Waals surface area contributed by atoms with Crippen LogP contribution in [0.2, 0.25) is 0 Å². The number of fused-ring (bicyclic) bond motifs is 1. The molecule has 1 atom stereocenters. The Balaban J connectivity index is 1.72. The summed E-state index contributed by atoms with van der Waals surface area (Å²) in [6, 6.07) is 14.4. The highest BCUT2D eigenvalue weighted by Crippen LogP contribution is 2.39. The van der Waals surface area contributed by atoms with Crippen LogP contribution in [-0.4, -0.2) is 18.6 Å². The summed E-state index contributed by atoms with van der Waals surface area (Å²) < 4.78 is 20.1. The monoisotopic (exact) mass is 366 g/mol. The van der Waals surface area contributed by atoms with E-state index in [4.69, 9.17) is 10.00 Å². The molecular formula is C21H23FN4O. The summed E-state index contributed by atoms with van der Waals surface area (Å²) in [6.45, 7) is 4.38. The van der Waals surface area contributed by atoms with Crippen molar-refractivity contribution in [2.45, 2.75) is 38.5 Å². The van der Waals surface area contributed by atoms with Gasteiger partial charge in [-0.2, -0.15) is 5.26 Å². The fourth-order valence-corrected chi connectivity index (χ4v) is 3.23. The molecule has 0 amide bonds. The molecule has 0 fully saturated rings. The van der Waals surface area contributed by atoms with E-state index in [-0.39, 0.29) is 18.2 Å². The van der Waals surface area contributed by atoms with Crippen LogP contribution in [0, 0.1) is 17.1 Å². The Labute approximate surface area is 158 Å². The molecule has 0 spiro atoms. The molecule has 2 aromatic rings. The molecule has 0 saturated heterocycles. The van der Waals surface area contributed by atoms with E-state index < -0.39 is 5.82 Å². The zero-order chi connectivity index (χ0) is 19.4. The summed E-state index contributed by atoms with van der Waals surface area (Å²) in [5.41, 5.74) is 1.55. The first kappa shape index (κ1) is 18.7. The van der Waals surface area contributed by atoms with Gasteiger partial charge in [0.1, 0.15) is 17.2 Å². The van der Waals surface area contributed by atoms with E-state index in [1.54, 1.807) is 19.2 Å². The number of hydrogen-bond donors (Lipinski definition) is 2. The number of halogens is 1. The summed E-state index contributed by atoms with van der Waals surface area (Å²) in [6.07, 6.45) is 0.774. The molecule has 1 unspecified atom stereocenters. The number of nitriles is 1. The first-order valence-corrected chi connectivity index (χ1v) is 8.85. The molecule has 0 bridgehead atoms. The highest BCUT2D eigenvalue weighted by Gasteiger charge is 2.33. The Bertz CT molecular complexity index is 901. The molecule has 2 aromatic carbocycles. The predicted octanol–water partition coefficient (Wildman–Crippen LogP) is 3.66. The van der Waals surface area contributed by atoms with Crippen molar-refractivity contribution in [3.8, 4) is 11.8 Å². The highest BCUT2D eigenvalue weighted by atomic mass is 19.1. The predicted molar refractivity (Wildman–Crippen MR) is 103 cm³/mol. The van der Waals surface area contributed by atoms with Crippen molar-refractivity contribution >= 4 is 5.96 Å². The van der Waals surface area contributed by atoms with Crippen molar-refractivity contribution in [3.05, 3.63) is 65.0 Å². The van der Waals surface area contributed by atoms with E-state index in [0.29, 0.717) is 17.1 Å². The molecule has 3 rings (SSSR count). The Morgan fingerprint density at radius 3 is 2.81 bits per heavy atom. The number of para-hydroxylation sites is 1. The van der Waals surface area contributed by atoms with Gasteiger partial charge in [-0.1, -0.05) is 24.3 Å². The lowest BCUT2D eigenvalue weighted by atomic mass is 9.90. The molecule has 2 N–H and O–H groups in total. The van der Waals surface area contributed by atoms with Crippen molar-refractivity contribution in [2.24, 2.45) is 4.99 Å². The summed E-state index contributed by atoms with van der Waals surface area (Å²) in [4.78, 5) is 4.26. The average Bonchev–Trinajstić information content (AvgIpc) is 2.64. The van der Waals surface area contributed by atoms with Crippen LogP contribution < -0.4 is 15.4 Å². The van der Waals surface area contributed by atoms with E-state index in [9.17, 15) is 4.39 Å². The number of nitrogens with one attached hydrogen (secondary N) is 2. The van der Waals surface area contributed by atoms with Crippen LogP contribution in [0.1, 0.15) is 43.0 Å². The number of ether oxygens (including phenoxy) is 1. The van der Waals surface area contributed by atoms with Gasteiger partial charge in [0.15, 0.2) is 5.96 Å². The van der Waals surface area contributed by atoms with Crippen LogP contribution in [0.15, 0.2) is 47.5 Å². The number of hydrogen-bond acceptors (Lipinski definition) is 3. The van der Waals surface area contributed by atoms with Gasteiger partial charge in [0.2, 0.25) is 0 Å². The van der Waals surface area contributed by atoms with Gasteiger partial charge >= 0.3 is 0 Å². The van der Waals surface area contributed by atoms with Crippen molar-refractivity contribution in [2.75, 3.05) is 7.05 Å². The number of rotatable bonds is 3. The lowest BCUT2D eigenvalue weighted by molar-refractivity contribution is 0.0694. The second-order valence-corrected chi connectivity index (χ2v) is 7.14. The van der Waals surface area contributed by atoms with Gasteiger partial charge in [-0.15, -0.1) is 0 Å². The van der Waals surface area contributed by atoms with Crippen molar-refractivity contribution < 1.29 is 9.13 Å².